The summed E-state index contributed by atoms with van der Waals surface area (Å²) in [6, 6.07) is 10.8. The molecule has 1 saturated heterocycles. The van der Waals surface area contributed by atoms with E-state index in [1.54, 1.807) is 24.3 Å². The molecule has 0 aliphatic carbocycles. The molecule has 0 amide bonds. The Bertz CT molecular complexity index is 852. The standard InChI is InChI=1S/C21H29N4O2P/c1-21(2,3)28(20-12-14-22-15-13-20,24-16-6-4-5-7-17-24)23-18-8-10-19(11-9-18)25(26)27/h8-15H,4-7,16-17H2,1-3H3. The van der Waals surface area contributed by atoms with Gasteiger partial charge in [-0.15, -0.1) is 0 Å². The summed E-state index contributed by atoms with van der Waals surface area (Å²) >= 11 is 0. The van der Waals surface area contributed by atoms with Gasteiger partial charge < -0.3 is 0 Å². The quantitative estimate of drug-likeness (QED) is 0.373. The Kier molecular flexibility index (Phi) is 6.31. The lowest BCUT2D eigenvalue weighted by molar-refractivity contribution is -0.384. The van der Waals surface area contributed by atoms with Crippen molar-refractivity contribution < 1.29 is 4.92 Å². The summed E-state index contributed by atoms with van der Waals surface area (Å²) in [5.74, 6) is 0. The lowest BCUT2D eigenvalue weighted by Gasteiger charge is -2.45. The normalized spacial score (nSPS) is 18.1. The van der Waals surface area contributed by atoms with Crippen molar-refractivity contribution in [2.45, 2.75) is 51.6 Å². The van der Waals surface area contributed by atoms with Gasteiger partial charge in [-0.1, -0.05) is 33.6 Å². The van der Waals surface area contributed by atoms with Gasteiger partial charge in [0.2, 0.25) is 0 Å². The Morgan fingerprint density at radius 2 is 1.57 bits per heavy atom. The van der Waals surface area contributed by atoms with Crippen LogP contribution in [0.15, 0.2) is 53.5 Å². The molecule has 1 aliphatic heterocycles. The second-order valence-corrected chi connectivity index (χ2v) is 12.0. The highest BCUT2D eigenvalue weighted by Crippen LogP contribution is 2.64. The molecule has 2 heterocycles. The van der Waals surface area contributed by atoms with Gasteiger partial charge in [0.15, 0.2) is 0 Å². The maximum absolute atomic E-state index is 11.0. The van der Waals surface area contributed by atoms with Crippen molar-refractivity contribution in [3.8, 4) is 0 Å². The Morgan fingerprint density at radius 3 is 2.07 bits per heavy atom. The predicted molar refractivity (Wildman–Crippen MR) is 116 cm³/mol. The van der Waals surface area contributed by atoms with Crippen molar-refractivity contribution in [3.05, 3.63) is 58.9 Å². The van der Waals surface area contributed by atoms with E-state index in [4.69, 9.17) is 4.74 Å². The van der Waals surface area contributed by atoms with Gasteiger partial charge in [0.05, 0.1) is 17.8 Å². The summed E-state index contributed by atoms with van der Waals surface area (Å²) in [4.78, 5) is 14.9. The van der Waals surface area contributed by atoms with Crippen LogP contribution >= 0.6 is 7.21 Å². The van der Waals surface area contributed by atoms with E-state index in [2.05, 4.69) is 42.6 Å². The zero-order valence-electron chi connectivity index (χ0n) is 16.9. The number of nitrogens with zero attached hydrogens (tertiary/aromatic N) is 4. The molecule has 2 aromatic rings. The van der Waals surface area contributed by atoms with Crippen LogP contribution in [-0.4, -0.2) is 32.8 Å². The molecule has 7 heteroatoms. The van der Waals surface area contributed by atoms with Crippen molar-refractivity contribution in [2.24, 2.45) is 4.74 Å². The van der Waals surface area contributed by atoms with Gasteiger partial charge in [0.1, 0.15) is 0 Å². The number of benzene rings is 1. The van der Waals surface area contributed by atoms with E-state index in [-0.39, 0.29) is 15.8 Å². The summed E-state index contributed by atoms with van der Waals surface area (Å²) < 4.78 is 7.99. The lowest BCUT2D eigenvalue weighted by Crippen LogP contribution is -2.37. The molecule has 0 bridgehead atoms. The first-order valence-electron chi connectivity index (χ1n) is 9.87. The highest BCUT2D eigenvalue weighted by atomic mass is 31.2. The van der Waals surface area contributed by atoms with Crippen LogP contribution in [-0.2, 0) is 0 Å². The Morgan fingerprint density at radius 1 is 1.00 bits per heavy atom. The molecule has 1 unspecified atom stereocenters. The molecule has 1 aromatic heterocycles. The Hall–Kier alpha value is -2.04. The van der Waals surface area contributed by atoms with Crippen molar-refractivity contribution in [1.29, 1.82) is 0 Å². The minimum atomic E-state index is -2.15. The molecule has 6 nitrogen and oxygen atoms in total. The molecule has 0 spiro atoms. The number of hydrogen-bond acceptors (Lipinski definition) is 4. The SMILES string of the molecule is CC(C)(C)P(=Nc1ccc([N+](=O)[O-])cc1)(c1ccncc1)N1CCCCCC1. The highest BCUT2D eigenvalue weighted by Gasteiger charge is 2.41. The number of rotatable bonds is 4. The van der Waals surface area contributed by atoms with Crippen LogP contribution < -0.4 is 5.30 Å². The third kappa shape index (κ3) is 4.18. The zero-order valence-corrected chi connectivity index (χ0v) is 17.8. The van der Waals surface area contributed by atoms with Crippen LogP contribution in [0.5, 0.6) is 0 Å². The van der Waals surface area contributed by atoms with Crippen molar-refractivity contribution >= 4 is 23.9 Å². The third-order valence-electron chi connectivity index (χ3n) is 5.27. The van der Waals surface area contributed by atoms with Crippen LogP contribution in [0.25, 0.3) is 0 Å². The maximum Gasteiger partial charge on any atom is 0.269 e. The fourth-order valence-corrected chi connectivity index (χ4v) is 8.32. The second kappa shape index (κ2) is 8.54. The maximum atomic E-state index is 11.0. The molecule has 1 aliphatic rings. The first-order valence-corrected chi connectivity index (χ1v) is 11.6. The Labute approximate surface area is 167 Å². The highest BCUT2D eigenvalue weighted by molar-refractivity contribution is 7.73. The lowest BCUT2D eigenvalue weighted by atomic mass is 10.2. The van der Waals surface area contributed by atoms with Gasteiger partial charge in [0, 0.05) is 48.1 Å². The minimum absolute atomic E-state index is 0.0829. The average molecular weight is 400 g/mol. The smallest absolute Gasteiger partial charge is 0.265 e. The number of nitro benzene ring substituents is 1. The van der Waals surface area contributed by atoms with E-state index < -0.39 is 7.21 Å². The summed E-state index contributed by atoms with van der Waals surface area (Å²) in [6.45, 7) is 8.86. The van der Waals surface area contributed by atoms with Gasteiger partial charge in [0.25, 0.3) is 5.69 Å². The van der Waals surface area contributed by atoms with E-state index in [9.17, 15) is 10.1 Å². The number of hydrogen-bond donors (Lipinski definition) is 0. The molecular weight excluding hydrogens is 371 g/mol. The van der Waals surface area contributed by atoms with Crippen molar-refractivity contribution in [2.75, 3.05) is 13.1 Å². The molecule has 0 radical (unpaired) electrons. The monoisotopic (exact) mass is 400 g/mol. The molecule has 28 heavy (non-hydrogen) atoms. The fourth-order valence-electron chi connectivity index (χ4n) is 3.95. The summed E-state index contributed by atoms with van der Waals surface area (Å²) in [7, 11) is -2.15. The van der Waals surface area contributed by atoms with Gasteiger partial charge in [-0.05, 0) is 37.1 Å². The van der Waals surface area contributed by atoms with E-state index in [0.29, 0.717) is 0 Å². The van der Waals surface area contributed by atoms with Crippen LogP contribution in [0.3, 0.4) is 0 Å². The summed E-state index contributed by atoms with van der Waals surface area (Å²) in [5.41, 5.74) is 0.896. The second-order valence-electron chi connectivity index (χ2n) is 8.22. The summed E-state index contributed by atoms with van der Waals surface area (Å²) in [5, 5.41) is 12.2. The van der Waals surface area contributed by atoms with Crippen LogP contribution in [0, 0.1) is 10.1 Å². The first-order chi connectivity index (χ1) is 13.3. The number of nitro groups is 1. The first kappa shape index (κ1) is 20.7. The van der Waals surface area contributed by atoms with Gasteiger partial charge in [-0.2, -0.15) is 0 Å². The molecule has 0 N–H and O–H groups in total. The van der Waals surface area contributed by atoms with Crippen LogP contribution in [0.4, 0.5) is 11.4 Å². The largest absolute Gasteiger partial charge is 0.269 e. The van der Waals surface area contributed by atoms with E-state index in [1.165, 1.54) is 31.0 Å². The van der Waals surface area contributed by atoms with E-state index >= 15 is 0 Å². The molecule has 3 rings (SSSR count). The number of non-ortho nitro benzene ring substituents is 1. The van der Waals surface area contributed by atoms with Crippen LogP contribution in [0.1, 0.15) is 46.5 Å². The van der Waals surface area contributed by atoms with Crippen molar-refractivity contribution in [1.82, 2.24) is 9.65 Å². The van der Waals surface area contributed by atoms with Gasteiger partial charge >= 0.3 is 0 Å². The molecule has 1 fully saturated rings. The van der Waals surface area contributed by atoms with Gasteiger partial charge in [-0.3, -0.25) is 19.8 Å². The molecular formula is C21H29N4O2P. The molecule has 1 aromatic carbocycles. The van der Waals surface area contributed by atoms with E-state index in [1.807, 2.05) is 12.4 Å². The van der Waals surface area contributed by atoms with Crippen LogP contribution in [0.2, 0.25) is 0 Å². The predicted octanol–water partition coefficient (Wildman–Crippen LogP) is 5.74. The number of pyridine rings is 1. The van der Waals surface area contributed by atoms with Crippen molar-refractivity contribution in [3.63, 3.8) is 0 Å². The molecule has 150 valence electrons. The minimum Gasteiger partial charge on any atom is -0.265 e. The zero-order chi connectivity index (χ0) is 20.2. The van der Waals surface area contributed by atoms with Gasteiger partial charge in [-0.25, -0.2) is 4.74 Å². The fraction of sp³-hybridized carbons (Fsp3) is 0.476. The summed E-state index contributed by atoms with van der Waals surface area (Å²) in [6.07, 6.45) is 8.57. The van der Waals surface area contributed by atoms with E-state index in [0.717, 1.165) is 18.8 Å². The average Bonchev–Trinajstić information content (AvgIpc) is 2.96. The number of aromatic nitrogens is 1. The molecule has 1 atom stereocenters. The topological polar surface area (TPSA) is 71.6 Å². The third-order valence-corrected chi connectivity index (χ3v) is 9.90. The molecule has 0 saturated carbocycles. The Balaban J connectivity index is 2.23.